The van der Waals surface area contributed by atoms with E-state index < -0.39 is 0 Å². The monoisotopic (exact) mass is 307 g/mol. The Bertz CT molecular complexity index is 609. The van der Waals surface area contributed by atoms with Crippen molar-refractivity contribution in [1.29, 1.82) is 0 Å². The van der Waals surface area contributed by atoms with Crippen molar-refractivity contribution in [3.8, 4) is 11.4 Å². The van der Waals surface area contributed by atoms with E-state index in [9.17, 15) is 5.11 Å². The predicted octanol–water partition coefficient (Wildman–Crippen LogP) is 1.07. The van der Waals surface area contributed by atoms with Crippen LogP contribution in [0.15, 0.2) is 24.4 Å². The minimum atomic E-state index is 0.137. The van der Waals surface area contributed by atoms with E-state index in [1.165, 1.54) is 0 Å². The molecule has 0 atom stereocenters. The Balaban J connectivity index is 1.66. The fraction of sp³-hybridized carbons (Fsp3) is 0.429. The van der Waals surface area contributed by atoms with Crippen molar-refractivity contribution >= 4 is 11.6 Å². The molecule has 1 aromatic carbocycles. The van der Waals surface area contributed by atoms with Gasteiger partial charge in [-0.3, -0.25) is 0 Å². The fourth-order valence-corrected chi connectivity index (χ4v) is 2.58. The second-order valence-electron chi connectivity index (χ2n) is 5.13. The molecule has 1 saturated heterocycles. The number of piperazine rings is 1. The van der Waals surface area contributed by atoms with E-state index >= 15 is 0 Å². The van der Waals surface area contributed by atoms with Crippen LogP contribution in [0.1, 0.15) is 5.69 Å². The molecule has 0 radical (unpaired) electrons. The number of phenolic OH excluding ortho intramolecular Hbond substituents is 1. The van der Waals surface area contributed by atoms with E-state index in [-0.39, 0.29) is 5.75 Å². The highest BCUT2D eigenvalue weighted by molar-refractivity contribution is 6.30. The maximum Gasteiger partial charge on any atom is 0.141 e. The summed E-state index contributed by atoms with van der Waals surface area (Å²) >= 11 is 5.95. The molecule has 6 nitrogen and oxygen atoms in total. The highest BCUT2D eigenvalue weighted by atomic mass is 35.5. The Hall–Kier alpha value is -1.63. The maximum absolute atomic E-state index is 9.87. The van der Waals surface area contributed by atoms with Crippen LogP contribution in [0.5, 0.6) is 5.75 Å². The number of nitrogens with one attached hydrogen (secondary N) is 1. The summed E-state index contributed by atoms with van der Waals surface area (Å²) < 4.78 is 1.56. The third-order valence-corrected chi connectivity index (χ3v) is 3.85. The molecule has 2 aromatic rings. The van der Waals surface area contributed by atoms with Crippen LogP contribution in [0.3, 0.4) is 0 Å². The average Bonchev–Trinajstić information content (AvgIpc) is 2.97. The number of aromatic hydroxyl groups is 1. The SMILES string of the molecule is Oc1ccc(Cl)cc1-n1cc(CCN2CCNCC2)nn1. The van der Waals surface area contributed by atoms with Gasteiger partial charge in [-0.15, -0.1) is 5.10 Å². The average molecular weight is 308 g/mol. The molecule has 0 unspecified atom stereocenters. The van der Waals surface area contributed by atoms with Crippen LogP contribution in [-0.4, -0.2) is 57.7 Å². The van der Waals surface area contributed by atoms with Crippen LogP contribution in [0.2, 0.25) is 5.02 Å². The Morgan fingerprint density at radius 1 is 1.29 bits per heavy atom. The summed E-state index contributed by atoms with van der Waals surface area (Å²) in [6, 6.07) is 4.87. The molecular weight excluding hydrogens is 290 g/mol. The first-order valence-corrected chi connectivity index (χ1v) is 7.43. The van der Waals surface area contributed by atoms with Crippen molar-refractivity contribution in [2.24, 2.45) is 0 Å². The molecule has 1 fully saturated rings. The van der Waals surface area contributed by atoms with Crippen molar-refractivity contribution < 1.29 is 5.11 Å². The van der Waals surface area contributed by atoms with Gasteiger partial charge in [0.15, 0.2) is 0 Å². The lowest BCUT2D eigenvalue weighted by molar-refractivity contribution is 0.243. The first-order chi connectivity index (χ1) is 10.2. The molecule has 1 aliphatic heterocycles. The number of hydrogen-bond donors (Lipinski definition) is 2. The van der Waals surface area contributed by atoms with Crippen molar-refractivity contribution in [2.45, 2.75) is 6.42 Å². The van der Waals surface area contributed by atoms with Crippen LogP contribution >= 0.6 is 11.6 Å². The standard InChI is InChI=1S/C14H18ClN5O/c15-11-1-2-14(21)13(9-11)20-10-12(17-18-20)3-6-19-7-4-16-5-8-19/h1-2,9-10,16,21H,3-8H2. The van der Waals surface area contributed by atoms with Gasteiger partial charge in [-0.1, -0.05) is 16.8 Å². The van der Waals surface area contributed by atoms with Crippen molar-refractivity contribution in [1.82, 2.24) is 25.2 Å². The molecule has 1 aromatic heterocycles. The quantitative estimate of drug-likeness (QED) is 0.884. The number of hydrogen-bond acceptors (Lipinski definition) is 5. The number of aromatic nitrogens is 3. The number of halogens is 1. The number of benzene rings is 1. The van der Waals surface area contributed by atoms with Crippen LogP contribution < -0.4 is 5.32 Å². The van der Waals surface area contributed by atoms with Crippen LogP contribution in [0.25, 0.3) is 5.69 Å². The van der Waals surface area contributed by atoms with Gasteiger partial charge in [0.25, 0.3) is 0 Å². The maximum atomic E-state index is 9.87. The topological polar surface area (TPSA) is 66.2 Å². The molecule has 0 saturated carbocycles. The van der Waals surface area contributed by atoms with Crippen molar-refractivity contribution in [2.75, 3.05) is 32.7 Å². The summed E-state index contributed by atoms with van der Waals surface area (Å²) in [6.45, 7) is 5.21. The van der Waals surface area contributed by atoms with Crippen LogP contribution in [0, 0.1) is 0 Å². The largest absolute Gasteiger partial charge is 0.506 e. The number of rotatable bonds is 4. The van der Waals surface area contributed by atoms with Gasteiger partial charge in [-0.2, -0.15) is 0 Å². The summed E-state index contributed by atoms with van der Waals surface area (Å²) in [4.78, 5) is 2.41. The van der Waals surface area contributed by atoms with Gasteiger partial charge in [0.05, 0.1) is 11.9 Å². The molecule has 112 valence electrons. The normalized spacial score (nSPS) is 16.2. The third-order valence-electron chi connectivity index (χ3n) is 3.62. The fourth-order valence-electron chi connectivity index (χ4n) is 2.42. The smallest absolute Gasteiger partial charge is 0.141 e. The Kier molecular flexibility index (Phi) is 4.38. The zero-order chi connectivity index (χ0) is 14.7. The van der Waals surface area contributed by atoms with Gasteiger partial charge in [-0.05, 0) is 18.2 Å². The van der Waals surface area contributed by atoms with Gasteiger partial charge in [0.2, 0.25) is 0 Å². The highest BCUT2D eigenvalue weighted by Crippen LogP contribution is 2.24. The summed E-state index contributed by atoms with van der Waals surface area (Å²) in [7, 11) is 0. The van der Waals surface area contributed by atoms with Gasteiger partial charge in [0, 0.05) is 44.2 Å². The van der Waals surface area contributed by atoms with Gasteiger partial charge < -0.3 is 15.3 Å². The zero-order valence-corrected chi connectivity index (χ0v) is 12.4. The minimum absolute atomic E-state index is 0.137. The molecule has 2 heterocycles. The van der Waals surface area contributed by atoms with Crippen LogP contribution in [-0.2, 0) is 6.42 Å². The number of nitrogens with zero attached hydrogens (tertiary/aromatic N) is 4. The molecular formula is C14H18ClN5O. The molecule has 21 heavy (non-hydrogen) atoms. The Morgan fingerprint density at radius 2 is 2.10 bits per heavy atom. The van der Waals surface area contributed by atoms with Crippen LogP contribution in [0.4, 0.5) is 0 Å². The highest BCUT2D eigenvalue weighted by Gasteiger charge is 2.12. The zero-order valence-electron chi connectivity index (χ0n) is 11.7. The minimum Gasteiger partial charge on any atom is -0.506 e. The Morgan fingerprint density at radius 3 is 2.90 bits per heavy atom. The summed E-state index contributed by atoms with van der Waals surface area (Å²) in [6.07, 6.45) is 2.69. The second kappa shape index (κ2) is 6.43. The molecule has 0 amide bonds. The molecule has 1 aliphatic rings. The van der Waals surface area contributed by atoms with E-state index in [0.29, 0.717) is 10.7 Å². The van der Waals surface area contributed by atoms with E-state index in [0.717, 1.165) is 44.8 Å². The summed E-state index contributed by atoms with van der Waals surface area (Å²) in [5.41, 5.74) is 1.45. The predicted molar refractivity (Wildman–Crippen MR) is 81.0 cm³/mol. The lowest BCUT2D eigenvalue weighted by Crippen LogP contribution is -2.44. The molecule has 2 N–H and O–H groups in total. The first-order valence-electron chi connectivity index (χ1n) is 7.05. The third kappa shape index (κ3) is 3.53. The lowest BCUT2D eigenvalue weighted by Gasteiger charge is -2.26. The van der Waals surface area contributed by atoms with Gasteiger partial charge in [-0.25, -0.2) is 4.68 Å². The van der Waals surface area contributed by atoms with E-state index in [1.807, 2.05) is 6.20 Å². The summed E-state index contributed by atoms with van der Waals surface area (Å²) in [5.74, 6) is 0.137. The van der Waals surface area contributed by atoms with E-state index in [1.54, 1.807) is 22.9 Å². The van der Waals surface area contributed by atoms with Gasteiger partial charge >= 0.3 is 0 Å². The molecule has 7 heteroatoms. The molecule has 3 rings (SSSR count). The van der Waals surface area contributed by atoms with Crippen molar-refractivity contribution in [3.05, 3.63) is 35.1 Å². The molecule has 0 spiro atoms. The summed E-state index contributed by atoms with van der Waals surface area (Å²) in [5, 5.41) is 22.0. The van der Waals surface area contributed by atoms with E-state index in [4.69, 9.17) is 11.6 Å². The van der Waals surface area contributed by atoms with Crippen molar-refractivity contribution in [3.63, 3.8) is 0 Å². The van der Waals surface area contributed by atoms with E-state index in [2.05, 4.69) is 20.5 Å². The van der Waals surface area contributed by atoms with Gasteiger partial charge in [0.1, 0.15) is 11.4 Å². The number of phenols is 1. The second-order valence-corrected chi connectivity index (χ2v) is 5.57. The Labute approximate surface area is 128 Å². The molecule has 0 aliphatic carbocycles. The first kappa shape index (κ1) is 14.3. The lowest BCUT2D eigenvalue weighted by atomic mass is 10.2. The molecule has 0 bridgehead atoms.